The number of fused-ring (bicyclic) bond motifs is 2. The molecule has 8 rings (SSSR count). The fraction of sp³-hybridized carbons (Fsp3) is 0. The van der Waals surface area contributed by atoms with Gasteiger partial charge in [-0.1, -0.05) is 145 Å². The molecule has 0 amide bonds. The number of anilines is 3. The van der Waals surface area contributed by atoms with Gasteiger partial charge in [0.05, 0.1) is 26.2 Å². The van der Waals surface area contributed by atoms with Gasteiger partial charge >= 0.3 is 0 Å². The molecule has 0 fully saturated rings. The van der Waals surface area contributed by atoms with Gasteiger partial charge in [0.2, 0.25) is 0 Å². The second-order valence-electron chi connectivity index (χ2n) is 10.2. The molecule has 1 nitrogen and oxygen atoms in total. The number of benzene rings is 8. The van der Waals surface area contributed by atoms with Gasteiger partial charge in [0.25, 0.3) is 0 Å². The normalized spacial score (nSPS) is 15.8. The summed E-state index contributed by atoms with van der Waals surface area (Å²) >= 11 is 0. The molecule has 0 aromatic heterocycles. The first kappa shape index (κ1) is 15.2. The third kappa shape index (κ3) is 5.26. The maximum Gasteiger partial charge on any atom is 0.0645 e. The summed E-state index contributed by atoms with van der Waals surface area (Å²) < 4.78 is 133. The predicted molar refractivity (Wildman–Crippen MR) is 192 cm³/mol. The van der Waals surface area contributed by atoms with Crippen molar-refractivity contribution < 1.29 is 20.6 Å². The molecule has 45 heavy (non-hydrogen) atoms. The lowest BCUT2D eigenvalue weighted by Gasteiger charge is -2.27. The van der Waals surface area contributed by atoms with Crippen molar-refractivity contribution in [3.63, 3.8) is 0 Å². The molecule has 8 aromatic carbocycles. The Morgan fingerprint density at radius 1 is 0.378 bits per heavy atom. The molecule has 0 radical (unpaired) electrons. The lowest BCUT2D eigenvalue weighted by molar-refractivity contribution is 1.30. The molecule has 0 bridgehead atoms. The van der Waals surface area contributed by atoms with Crippen LogP contribution in [0.4, 0.5) is 17.1 Å². The van der Waals surface area contributed by atoms with Crippen molar-refractivity contribution >= 4 is 38.6 Å². The Kier molecular flexibility index (Phi) is 3.93. The van der Waals surface area contributed by atoms with Crippen LogP contribution in [-0.4, -0.2) is 0 Å². The van der Waals surface area contributed by atoms with E-state index in [0.29, 0.717) is 11.4 Å². The summed E-state index contributed by atoms with van der Waals surface area (Å²) in [6.07, 6.45) is 0. The number of hydrogen-bond acceptors (Lipinski definition) is 1. The first-order valence-electron chi connectivity index (χ1n) is 21.7. The lowest BCUT2D eigenvalue weighted by Crippen LogP contribution is -2.10. The zero-order chi connectivity index (χ0) is 43.1. The smallest absolute Gasteiger partial charge is 0.0645 e. The first-order chi connectivity index (χ1) is 28.6. The molecule has 8 aromatic rings. The van der Waals surface area contributed by atoms with Crippen LogP contribution in [0.1, 0.15) is 20.6 Å². The van der Waals surface area contributed by atoms with Crippen molar-refractivity contribution in [2.75, 3.05) is 4.90 Å². The fourth-order valence-electron chi connectivity index (χ4n) is 5.29. The van der Waals surface area contributed by atoms with Crippen LogP contribution in [0, 0.1) is 0 Å². The van der Waals surface area contributed by atoms with E-state index in [-0.39, 0.29) is 5.69 Å². The maximum absolute atomic E-state index is 9.50. The Bertz CT molecular complexity index is 3050. The van der Waals surface area contributed by atoms with Crippen LogP contribution in [0.15, 0.2) is 188 Å². The standard InChI is InChI=1S/C44H31N/c1-3-11-32(12-4-1)37-17-9-18-42(31-37)45(44-20-10-16-36-15-7-8-19-43(36)44)41-27-25-34(26-28-41)39-24-22-35-21-23-38(29-40(35)30-39)33-13-5-2-6-14-33/h1-31H/i2D,5D,6D,13D,14D,21D,22D,23D,24D,25D,26D,27D,28D,29D,30D. The van der Waals surface area contributed by atoms with E-state index in [2.05, 4.69) is 0 Å². The topological polar surface area (TPSA) is 3.24 Å². The van der Waals surface area contributed by atoms with Gasteiger partial charge in [-0.25, -0.2) is 0 Å². The molecule has 0 heterocycles. The minimum absolute atomic E-state index is 0.141. The van der Waals surface area contributed by atoms with Gasteiger partial charge in [-0.05, 0) is 91.9 Å². The molecule has 0 aliphatic rings. The molecule has 0 atom stereocenters. The van der Waals surface area contributed by atoms with Crippen molar-refractivity contribution in [1.29, 1.82) is 0 Å². The summed E-state index contributed by atoms with van der Waals surface area (Å²) in [4.78, 5) is 1.63. The Morgan fingerprint density at radius 2 is 1.00 bits per heavy atom. The van der Waals surface area contributed by atoms with E-state index in [0.717, 1.165) is 21.9 Å². The van der Waals surface area contributed by atoms with Gasteiger partial charge in [-0.3, -0.25) is 0 Å². The molecular formula is C44H31N. The van der Waals surface area contributed by atoms with E-state index in [9.17, 15) is 8.22 Å². The van der Waals surface area contributed by atoms with Crippen LogP contribution in [0.5, 0.6) is 0 Å². The minimum atomic E-state index is -0.760. The van der Waals surface area contributed by atoms with Crippen LogP contribution < -0.4 is 4.90 Å². The average molecular weight is 589 g/mol. The van der Waals surface area contributed by atoms with Gasteiger partial charge < -0.3 is 4.90 Å². The summed E-state index contributed by atoms with van der Waals surface area (Å²) in [5.74, 6) is 0. The summed E-state index contributed by atoms with van der Waals surface area (Å²) in [5, 5.41) is 0.637. The Balaban J connectivity index is 1.43. The van der Waals surface area contributed by atoms with E-state index in [4.69, 9.17) is 12.3 Å². The molecule has 0 saturated heterocycles. The summed E-state index contributed by atoms with van der Waals surface area (Å²) in [5.41, 5.74) is 0.441. The van der Waals surface area contributed by atoms with Gasteiger partial charge in [-0.15, -0.1) is 0 Å². The van der Waals surface area contributed by atoms with Crippen molar-refractivity contribution in [3.05, 3.63) is 188 Å². The summed E-state index contributed by atoms with van der Waals surface area (Å²) in [6, 6.07) is 19.5. The Hall–Kier alpha value is -5.92. The largest absolute Gasteiger partial charge is 0.310 e. The molecule has 0 aliphatic heterocycles. The third-order valence-electron chi connectivity index (χ3n) is 7.43. The van der Waals surface area contributed by atoms with Crippen LogP contribution in [0.3, 0.4) is 0 Å². The molecular weight excluding hydrogens is 542 g/mol. The van der Waals surface area contributed by atoms with E-state index >= 15 is 0 Å². The first-order valence-corrected chi connectivity index (χ1v) is 14.2. The van der Waals surface area contributed by atoms with Crippen molar-refractivity contribution in [2.45, 2.75) is 0 Å². The van der Waals surface area contributed by atoms with Crippen molar-refractivity contribution in [1.82, 2.24) is 0 Å². The quantitative estimate of drug-likeness (QED) is 0.187. The van der Waals surface area contributed by atoms with E-state index in [1.54, 1.807) is 17.0 Å². The summed E-state index contributed by atoms with van der Waals surface area (Å²) in [6.45, 7) is 0. The highest BCUT2D eigenvalue weighted by Gasteiger charge is 2.16. The second-order valence-corrected chi connectivity index (χ2v) is 10.2. The molecule has 1 heteroatoms. The maximum atomic E-state index is 9.50. The van der Waals surface area contributed by atoms with Crippen LogP contribution in [0.2, 0.25) is 0 Å². The molecule has 0 spiro atoms. The third-order valence-corrected chi connectivity index (χ3v) is 7.43. The van der Waals surface area contributed by atoms with Crippen molar-refractivity contribution in [2.24, 2.45) is 0 Å². The van der Waals surface area contributed by atoms with Gasteiger partial charge in [0.15, 0.2) is 0 Å². The molecule has 0 unspecified atom stereocenters. The van der Waals surface area contributed by atoms with Crippen LogP contribution in [-0.2, 0) is 0 Å². The fourth-order valence-corrected chi connectivity index (χ4v) is 5.29. The molecule has 212 valence electrons. The average Bonchev–Trinajstić information content (AvgIpc) is 3.26. The summed E-state index contributed by atoms with van der Waals surface area (Å²) in [7, 11) is 0. The second kappa shape index (κ2) is 11.6. The Morgan fingerprint density at radius 3 is 1.78 bits per heavy atom. The number of rotatable bonds is 6. The predicted octanol–water partition coefficient (Wildman–Crippen LogP) is 12.5. The SMILES string of the molecule is [2H]c1c([2H])c([2H])c(-c2c([2H])c([2H])c3c([2H])c([2H])c(-c4c([2H])c([2H])c(N(c5cccc(-c6ccccc6)c5)c5cccc6ccccc56)c([2H])c4[2H])c([2H])c3c2[2H])c([2H])c1[2H]. The van der Waals surface area contributed by atoms with E-state index < -0.39 is 124 Å². The van der Waals surface area contributed by atoms with E-state index in [1.807, 2.05) is 84.9 Å². The van der Waals surface area contributed by atoms with Crippen LogP contribution >= 0.6 is 0 Å². The molecule has 0 N–H and O–H groups in total. The van der Waals surface area contributed by atoms with Crippen LogP contribution in [0.25, 0.3) is 54.9 Å². The Labute approximate surface area is 285 Å². The zero-order valence-electron chi connectivity index (χ0n) is 38.7. The highest BCUT2D eigenvalue weighted by atomic mass is 15.1. The van der Waals surface area contributed by atoms with Gasteiger partial charge in [0.1, 0.15) is 0 Å². The van der Waals surface area contributed by atoms with Crippen molar-refractivity contribution in [3.8, 4) is 33.4 Å². The highest BCUT2D eigenvalue weighted by Crippen LogP contribution is 2.41. The number of hydrogen-bond donors (Lipinski definition) is 0. The molecule has 0 aliphatic carbocycles. The minimum Gasteiger partial charge on any atom is -0.310 e. The lowest BCUT2D eigenvalue weighted by atomic mass is 9.97. The zero-order valence-corrected chi connectivity index (χ0v) is 23.7. The van der Waals surface area contributed by atoms with E-state index in [1.165, 1.54) is 0 Å². The monoisotopic (exact) mass is 588 g/mol. The highest BCUT2D eigenvalue weighted by molar-refractivity contribution is 5.99. The van der Waals surface area contributed by atoms with Gasteiger partial charge in [0, 0.05) is 16.8 Å². The molecule has 0 saturated carbocycles. The van der Waals surface area contributed by atoms with Gasteiger partial charge in [-0.2, -0.15) is 0 Å². The number of nitrogens with zero attached hydrogens (tertiary/aromatic N) is 1.